The van der Waals surface area contributed by atoms with Gasteiger partial charge in [0.25, 0.3) is 0 Å². The van der Waals surface area contributed by atoms with Gasteiger partial charge in [0.1, 0.15) is 11.8 Å². The molecule has 0 aromatic heterocycles. The second kappa shape index (κ2) is 8.68. The predicted molar refractivity (Wildman–Crippen MR) is 52.6 cm³/mol. The maximum absolute atomic E-state index is 11.0. The molecule has 0 saturated carbocycles. The first-order valence-electron chi connectivity index (χ1n) is 4.16. The van der Waals surface area contributed by atoms with E-state index in [0.717, 1.165) is 0 Å². The molecule has 0 heterocycles. The second-order valence-electron chi connectivity index (χ2n) is 2.40. The fourth-order valence-electron chi connectivity index (χ4n) is 0.793. The molecule has 0 bridgehead atoms. The fraction of sp³-hybridized carbons (Fsp3) is 0.556. The molecule has 0 fully saturated rings. The Kier molecular flexibility index (Phi) is 9.66. The van der Waals surface area contributed by atoms with Crippen molar-refractivity contribution in [2.75, 3.05) is 6.61 Å². The van der Waals surface area contributed by atoms with Crippen molar-refractivity contribution in [2.24, 2.45) is 0 Å². The zero-order valence-corrected chi connectivity index (χ0v) is 8.83. The molecule has 1 radical (unpaired) electrons. The third kappa shape index (κ3) is 4.96. The Morgan fingerprint density at radius 3 is 2.43 bits per heavy atom. The van der Waals surface area contributed by atoms with Crippen LogP contribution in [0, 0.1) is 11.3 Å². The minimum absolute atomic E-state index is 0. The largest absolute Gasteiger partial charge is 0.511 e. The summed E-state index contributed by atoms with van der Waals surface area (Å²) in [5.74, 6) is -0.945. The molecule has 0 rings (SSSR count). The topological polar surface area (TPSA) is 70.3 Å². The maximum atomic E-state index is 11.0. The molecule has 0 unspecified atom stereocenters. The van der Waals surface area contributed by atoms with Crippen molar-refractivity contribution in [1.29, 1.82) is 5.26 Å². The average Bonchev–Trinajstić information content (AvgIpc) is 2.06. The summed E-state index contributed by atoms with van der Waals surface area (Å²) in [5.41, 5.74) is -0.288. The molecule has 4 nitrogen and oxygen atoms in total. The number of rotatable bonds is 4. The molecule has 0 spiro atoms. The van der Waals surface area contributed by atoms with Crippen molar-refractivity contribution in [3.8, 4) is 6.07 Å². The van der Waals surface area contributed by atoms with Crippen LogP contribution in [0.2, 0.25) is 0 Å². The number of hydrogen-bond acceptors (Lipinski definition) is 4. The van der Waals surface area contributed by atoms with E-state index < -0.39 is 5.97 Å². The van der Waals surface area contributed by atoms with Gasteiger partial charge in [0.15, 0.2) is 5.57 Å². The van der Waals surface area contributed by atoms with Crippen LogP contribution in [0.4, 0.5) is 0 Å². The summed E-state index contributed by atoms with van der Waals surface area (Å²) in [7, 11) is 0. The summed E-state index contributed by atoms with van der Waals surface area (Å²) in [5, 5.41) is 17.8. The first-order valence-corrected chi connectivity index (χ1v) is 4.16. The minimum atomic E-state index is -0.754. The maximum Gasteiger partial charge on any atom is 0.352 e. The molecule has 1 N–H and O–H groups in total. The molecule has 0 aliphatic rings. The van der Waals surface area contributed by atoms with E-state index in [0.29, 0.717) is 12.8 Å². The number of aliphatic hydroxyl groups excluding tert-OH is 1. The van der Waals surface area contributed by atoms with Crippen LogP contribution in [0.3, 0.4) is 0 Å². The van der Waals surface area contributed by atoms with Gasteiger partial charge in [-0.3, -0.25) is 0 Å². The van der Waals surface area contributed by atoms with Crippen LogP contribution in [0.1, 0.15) is 26.7 Å². The van der Waals surface area contributed by atoms with Gasteiger partial charge in [0, 0.05) is 25.3 Å². The minimum Gasteiger partial charge on any atom is -0.511 e. The smallest absolute Gasteiger partial charge is 0.352 e. The summed E-state index contributed by atoms with van der Waals surface area (Å²) in [6.45, 7) is 3.68. The van der Waals surface area contributed by atoms with Gasteiger partial charge in [0.05, 0.1) is 6.61 Å². The van der Waals surface area contributed by atoms with Gasteiger partial charge in [-0.2, -0.15) is 5.26 Å². The van der Waals surface area contributed by atoms with E-state index in [9.17, 15) is 9.90 Å². The number of nitriles is 1. The quantitative estimate of drug-likeness (QED) is 0.238. The van der Waals surface area contributed by atoms with E-state index in [-0.39, 0.29) is 36.8 Å². The second-order valence-corrected chi connectivity index (χ2v) is 2.40. The number of carbonyl (C=O) groups excluding carboxylic acids is 1. The fourth-order valence-corrected chi connectivity index (χ4v) is 0.793. The summed E-state index contributed by atoms with van der Waals surface area (Å²) in [6, 6.07) is 1.63. The van der Waals surface area contributed by atoms with E-state index >= 15 is 0 Å². The van der Waals surface area contributed by atoms with Crippen molar-refractivity contribution in [3.63, 3.8) is 0 Å². The molecule has 73 valence electrons. The SMILES string of the molecule is CCCC(O)=C(C#N)C(=O)OCC.[Li]. The molecule has 5 heteroatoms. The third-order valence-corrected chi connectivity index (χ3v) is 1.37. The number of aliphatic hydroxyl groups is 1. The number of hydrogen-bond donors (Lipinski definition) is 1. The number of carbonyl (C=O) groups is 1. The molecular weight excluding hydrogens is 177 g/mol. The standard InChI is InChI=1S/C9H13NO3.Li/c1-3-5-8(11)7(6-10)9(12)13-4-2;/h11H,3-5H2,1-2H3;. The van der Waals surface area contributed by atoms with Crippen molar-refractivity contribution in [1.82, 2.24) is 0 Å². The number of esters is 1. The van der Waals surface area contributed by atoms with E-state index in [2.05, 4.69) is 4.74 Å². The number of nitrogens with zero attached hydrogens (tertiary/aromatic N) is 1. The van der Waals surface area contributed by atoms with Gasteiger partial charge >= 0.3 is 5.97 Å². The molecule has 0 aromatic carbocycles. The van der Waals surface area contributed by atoms with Gasteiger partial charge in [-0.05, 0) is 13.3 Å². The van der Waals surface area contributed by atoms with E-state index in [1.807, 2.05) is 6.92 Å². The molecular formula is C9H13LiNO3. The van der Waals surface area contributed by atoms with Crippen molar-refractivity contribution in [2.45, 2.75) is 26.7 Å². The van der Waals surface area contributed by atoms with Crippen LogP contribution in [-0.4, -0.2) is 36.5 Å². The Morgan fingerprint density at radius 1 is 1.50 bits per heavy atom. The monoisotopic (exact) mass is 190 g/mol. The first kappa shape index (κ1) is 15.6. The predicted octanol–water partition coefficient (Wildman–Crippen LogP) is 1.30. The van der Waals surface area contributed by atoms with Crippen LogP contribution in [-0.2, 0) is 9.53 Å². The van der Waals surface area contributed by atoms with Crippen LogP contribution in [0.25, 0.3) is 0 Å². The van der Waals surface area contributed by atoms with Gasteiger partial charge in [-0.25, -0.2) is 4.79 Å². The van der Waals surface area contributed by atoms with Crippen LogP contribution >= 0.6 is 0 Å². The Hall–Kier alpha value is -0.903. The van der Waals surface area contributed by atoms with Crippen molar-refractivity contribution >= 4 is 24.8 Å². The Balaban J connectivity index is 0. The van der Waals surface area contributed by atoms with Gasteiger partial charge in [-0.15, -0.1) is 0 Å². The summed E-state index contributed by atoms with van der Waals surface area (Å²) in [4.78, 5) is 11.0. The summed E-state index contributed by atoms with van der Waals surface area (Å²) >= 11 is 0. The molecule has 0 amide bonds. The Morgan fingerprint density at radius 2 is 2.07 bits per heavy atom. The number of ether oxygens (including phenoxy) is 1. The summed E-state index contributed by atoms with van der Waals surface area (Å²) < 4.78 is 4.58. The van der Waals surface area contributed by atoms with Crippen LogP contribution in [0.15, 0.2) is 11.3 Å². The third-order valence-electron chi connectivity index (χ3n) is 1.37. The summed E-state index contributed by atoms with van der Waals surface area (Å²) in [6.07, 6.45) is 0.998. The first-order chi connectivity index (χ1) is 6.17. The van der Waals surface area contributed by atoms with Gasteiger partial charge in [0.2, 0.25) is 0 Å². The van der Waals surface area contributed by atoms with Crippen LogP contribution in [0.5, 0.6) is 0 Å². The molecule has 0 saturated heterocycles. The van der Waals surface area contributed by atoms with E-state index in [1.165, 1.54) is 0 Å². The van der Waals surface area contributed by atoms with Gasteiger partial charge < -0.3 is 9.84 Å². The van der Waals surface area contributed by atoms with Gasteiger partial charge in [-0.1, -0.05) is 6.92 Å². The van der Waals surface area contributed by atoms with Crippen molar-refractivity contribution < 1.29 is 14.6 Å². The Labute approximate surface area is 95.7 Å². The normalized spacial score (nSPS) is 10.6. The van der Waals surface area contributed by atoms with E-state index in [1.54, 1.807) is 13.0 Å². The average molecular weight is 190 g/mol. The molecule has 14 heavy (non-hydrogen) atoms. The van der Waals surface area contributed by atoms with E-state index in [4.69, 9.17) is 5.26 Å². The Bertz CT molecular complexity index is 255. The zero-order valence-electron chi connectivity index (χ0n) is 8.83. The molecule has 0 aliphatic heterocycles. The van der Waals surface area contributed by atoms with Crippen LogP contribution < -0.4 is 0 Å². The number of allylic oxidation sites excluding steroid dienone is 1. The molecule has 0 aromatic rings. The molecule has 0 atom stereocenters. The molecule has 0 aliphatic carbocycles. The zero-order chi connectivity index (χ0) is 10.3. The van der Waals surface area contributed by atoms with Crippen molar-refractivity contribution in [3.05, 3.63) is 11.3 Å².